The molecule has 0 aromatic rings. The molecule has 0 saturated carbocycles. The summed E-state index contributed by atoms with van der Waals surface area (Å²) in [5, 5.41) is 27.8. The van der Waals surface area contributed by atoms with Gasteiger partial charge in [0, 0.05) is 0 Å². The molecule has 0 heterocycles. The molecule has 0 rings (SSSR count). The van der Waals surface area contributed by atoms with E-state index >= 15 is 0 Å². The number of hydrogen-bond acceptors (Lipinski definition) is 8. The van der Waals surface area contributed by atoms with Crippen LogP contribution in [0.1, 0.15) is 47.5 Å². The van der Waals surface area contributed by atoms with Crippen molar-refractivity contribution in [2.75, 3.05) is 31.3 Å². The van der Waals surface area contributed by atoms with Crippen LogP contribution in [0.15, 0.2) is 0 Å². The number of aliphatic hydroxyl groups is 3. The molecule has 3 N–H and O–H groups in total. The summed E-state index contributed by atoms with van der Waals surface area (Å²) in [5.74, 6) is -1.45. The molecule has 0 fully saturated rings. The summed E-state index contributed by atoms with van der Waals surface area (Å²) in [7, 11) is 0. The second-order valence-corrected chi connectivity index (χ2v) is 9.63. The predicted octanol–water partition coefficient (Wildman–Crippen LogP) is 0.634. The Bertz CT molecular complexity index is 469. The van der Waals surface area contributed by atoms with Crippen LogP contribution >= 0.6 is 0 Å². The molecular weight excluding hydrogens is 388 g/mol. The molecule has 8 nitrogen and oxygen atoms in total. The van der Waals surface area contributed by atoms with Gasteiger partial charge in [-0.05, 0) is 43.8 Å². The second kappa shape index (κ2) is 13.4. The lowest BCUT2D eigenvalue weighted by Gasteiger charge is -2.27. The monoisotopic (exact) mass is 424 g/mol. The molecular formula is C19H36O8S. The first-order chi connectivity index (χ1) is 12.9. The van der Waals surface area contributed by atoms with E-state index in [9.17, 15) is 24.4 Å². The number of carbonyl (C=O) groups excluding carboxylic acids is 2. The van der Waals surface area contributed by atoms with E-state index in [0.717, 1.165) is 0 Å². The number of esters is 2. The molecule has 0 aromatic heterocycles. The van der Waals surface area contributed by atoms with Crippen molar-refractivity contribution in [3.05, 3.63) is 0 Å². The summed E-state index contributed by atoms with van der Waals surface area (Å²) >= 11 is -1.55. The lowest BCUT2D eigenvalue weighted by molar-refractivity contribution is -0.160. The Labute approximate surface area is 170 Å². The van der Waals surface area contributed by atoms with Crippen molar-refractivity contribution in [3.63, 3.8) is 0 Å². The zero-order valence-corrected chi connectivity index (χ0v) is 18.4. The maximum Gasteiger partial charge on any atom is 0.311 e. The van der Waals surface area contributed by atoms with Crippen molar-refractivity contribution < 1.29 is 38.9 Å². The van der Waals surface area contributed by atoms with Crippen LogP contribution in [0.3, 0.4) is 0 Å². The van der Waals surface area contributed by atoms with Crippen LogP contribution in [-0.4, -0.2) is 75.3 Å². The maximum atomic E-state index is 12.4. The minimum atomic E-state index is -1.55. The number of ether oxygens (including phenoxy) is 2. The third kappa shape index (κ3) is 11.2. The van der Waals surface area contributed by atoms with E-state index in [4.69, 9.17) is 14.6 Å². The summed E-state index contributed by atoms with van der Waals surface area (Å²) < 4.78 is 22.1. The molecule has 0 aliphatic carbocycles. The molecule has 0 aliphatic heterocycles. The van der Waals surface area contributed by atoms with E-state index in [1.54, 1.807) is 13.8 Å². The SMILES string of the molecule is CCC(CC(C)(C)C(=O)OCC(O)C[S+]([O-])CC(O)CO)C(=O)OCC(C)C. The van der Waals surface area contributed by atoms with E-state index < -0.39 is 47.3 Å². The Kier molecular flexibility index (Phi) is 13.0. The molecule has 4 atom stereocenters. The van der Waals surface area contributed by atoms with Gasteiger partial charge in [-0.1, -0.05) is 20.8 Å². The third-order valence-electron chi connectivity index (χ3n) is 4.07. The van der Waals surface area contributed by atoms with Gasteiger partial charge in [0.25, 0.3) is 0 Å². The van der Waals surface area contributed by atoms with Gasteiger partial charge < -0.3 is 29.3 Å². The molecule has 9 heteroatoms. The van der Waals surface area contributed by atoms with Crippen LogP contribution in [0.2, 0.25) is 0 Å². The zero-order chi connectivity index (χ0) is 21.9. The number of carbonyl (C=O) groups is 2. The topological polar surface area (TPSA) is 136 Å². The second-order valence-electron chi connectivity index (χ2n) is 8.08. The normalized spacial score (nSPS) is 16.4. The standard InChI is InChI=1S/C19H36O8S/c1-6-14(17(23)26-9-13(2)3)7-19(4,5)18(24)27-10-16(22)12-28(25)11-15(21)8-20/h13-16,20-22H,6-12H2,1-5H3. The highest BCUT2D eigenvalue weighted by Gasteiger charge is 2.35. The van der Waals surface area contributed by atoms with Crippen molar-refractivity contribution in [1.29, 1.82) is 0 Å². The van der Waals surface area contributed by atoms with Crippen LogP contribution in [0.5, 0.6) is 0 Å². The first-order valence-electron chi connectivity index (χ1n) is 9.58. The van der Waals surface area contributed by atoms with E-state index in [1.165, 1.54) is 0 Å². The fourth-order valence-electron chi connectivity index (χ4n) is 2.43. The smallest absolute Gasteiger partial charge is 0.311 e. The predicted molar refractivity (Wildman–Crippen MR) is 106 cm³/mol. The zero-order valence-electron chi connectivity index (χ0n) is 17.6. The highest BCUT2D eigenvalue weighted by Crippen LogP contribution is 2.29. The van der Waals surface area contributed by atoms with Crippen molar-refractivity contribution in [1.82, 2.24) is 0 Å². The first kappa shape index (κ1) is 27.1. The molecule has 0 saturated heterocycles. The highest BCUT2D eigenvalue weighted by atomic mass is 32.2. The summed E-state index contributed by atoms with van der Waals surface area (Å²) in [6, 6.07) is 0. The Balaban J connectivity index is 4.53. The van der Waals surface area contributed by atoms with Gasteiger partial charge >= 0.3 is 11.9 Å². The van der Waals surface area contributed by atoms with Gasteiger partial charge in [0.05, 0.1) is 24.5 Å². The number of aliphatic hydroxyl groups excluding tert-OH is 3. The minimum Gasteiger partial charge on any atom is -0.616 e. The maximum absolute atomic E-state index is 12.4. The van der Waals surface area contributed by atoms with E-state index in [0.29, 0.717) is 13.0 Å². The molecule has 0 spiro atoms. The van der Waals surface area contributed by atoms with Gasteiger partial charge in [0.2, 0.25) is 0 Å². The van der Waals surface area contributed by atoms with Gasteiger partial charge in [0.15, 0.2) is 0 Å². The summed E-state index contributed by atoms with van der Waals surface area (Å²) in [4.78, 5) is 24.6. The minimum absolute atomic E-state index is 0.163. The highest BCUT2D eigenvalue weighted by molar-refractivity contribution is 7.91. The third-order valence-corrected chi connectivity index (χ3v) is 5.58. The quantitative estimate of drug-likeness (QED) is 0.273. The Morgan fingerprint density at radius 1 is 1.07 bits per heavy atom. The number of hydrogen-bond donors (Lipinski definition) is 3. The van der Waals surface area contributed by atoms with E-state index in [-0.39, 0.29) is 36.4 Å². The molecule has 28 heavy (non-hydrogen) atoms. The van der Waals surface area contributed by atoms with Gasteiger partial charge in [0.1, 0.15) is 30.3 Å². The van der Waals surface area contributed by atoms with Crippen LogP contribution in [-0.2, 0) is 30.2 Å². The Hall–Kier alpha value is -0.870. The van der Waals surface area contributed by atoms with Gasteiger partial charge in [-0.25, -0.2) is 0 Å². The first-order valence-corrected chi connectivity index (χ1v) is 11.1. The van der Waals surface area contributed by atoms with Crippen molar-refractivity contribution in [3.8, 4) is 0 Å². The molecule has 0 bridgehead atoms. The number of rotatable bonds is 14. The largest absolute Gasteiger partial charge is 0.616 e. The van der Waals surface area contributed by atoms with Crippen LogP contribution < -0.4 is 0 Å². The van der Waals surface area contributed by atoms with Crippen molar-refractivity contribution in [2.45, 2.75) is 59.7 Å². The van der Waals surface area contributed by atoms with E-state index in [1.807, 2.05) is 20.8 Å². The van der Waals surface area contributed by atoms with E-state index in [2.05, 4.69) is 0 Å². The van der Waals surface area contributed by atoms with Crippen LogP contribution in [0.25, 0.3) is 0 Å². The van der Waals surface area contributed by atoms with Crippen LogP contribution in [0, 0.1) is 17.3 Å². The summed E-state index contributed by atoms with van der Waals surface area (Å²) in [6.45, 7) is 8.54. The van der Waals surface area contributed by atoms with Crippen LogP contribution in [0.4, 0.5) is 0 Å². The molecule has 4 unspecified atom stereocenters. The molecule has 166 valence electrons. The Morgan fingerprint density at radius 3 is 2.14 bits per heavy atom. The molecule has 0 aliphatic rings. The average Bonchev–Trinajstić information content (AvgIpc) is 2.61. The lowest BCUT2D eigenvalue weighted by Crippen LogP contribution is -2.36. The average molecular weight is 425 g/mol. The molecule has 0 aromatic carbocycles. The van der Waals surface area contributed by atoms with Gasteiger partial charge in [-0.15, -0.1) is 0 Å². The fraction of sp³-hybridized carbons (Fsp3) is 0.895. The lowest BCUT2D eigenvalue weighted by atomic mass is 9.81. The molecule has 0 amide bonds. The van der Waals surface area contributed by atoms with Crippen molar-refractivity contribution in [2.24, 2.45) is 17.3 Å². The summed E-state index contributed by atoms with van der Waals surface area (Å²) in [6.07, 6.45) is -1.48. The fourth-order valence-corrected chi connectivity index (χ4v) is 3.62. The summed E-state index contributed by atoms with van der Waals surface area (Å²) in [5.41, 5.74) is -0.955. The molecule has 0 radical (unpaired) electrons. The van der Waals surface area contributed by atoms with Gasteiger partial charge in [-0.3, -0.25) is 9.59 Å². The Morgan fingerprint density at radius 2 is 1.64 bits per heavy atom. The van der Waals surface area contributed by atoms with Gasteiger partial charge in [-0.2, -0.15) is 0 Å². The van der Waals surface area contributed by atoms with Crippen molar-refractivity contribution >= 4 is 23.1 Å².